The third kappa shape index (κ3) is 3.15. The van der Waals surface area contributed by atoms with Crippen molar-refractivity contribution in [3.8, 4) is 5.75 Å². The van der Waals surface area contributed by atoms with Crippen LogP contribution in [-0.4, -0.2) is 10.1 Å². The van der Waals surface area contributed by atoms with E-state index in [2.05, 4.69) is 10.3 Å². The highest BCUT2D eigenvalue weighted by molar-refractivity contribution is 5.37. The van der Waals surface area contributed by atoms with Crippen molar-refractivity contribution in [2.24, 2.45) is 0 Å². The summed E-state index contributed by atoms with van der Waals surface area (Å²) in [5.41, 5.74) is 2.01. The van der Waals surface area contributed by atoms with Crippen LogP contribution in [-0.2, 0) is 0 Å². The Hall–Kier alpha value is -1.81. The van der Waals surface area contributed by atoms with Crippen molar-refractivity contribution in [2.45, 2.75) is 39.8 Å². The lowest BCUT2D eigenvalue weighted by molar-refractivity contribution is 0.374. The Morgan fingerprint density at radius 3 is 2.58 bits per heavy atom. The molecule has 19 heavy (non-hydrogen) atoms. The molecule has 0 aliphatic rings. The molecule has 1 heterocycles. The Kier molecular flexibility index (Phi) is 3.90. The molecule has 0 amide bonds. The summed E-state index contributed by atoms with van der Waals surface area (Å²) in [5, 5.41) is 13.3. The van der Waals surface area contributed by atoms with Crippen LogP contribution >= 0.6 is 0 Å². The van der Waals surface area contributed by atoms with E-state index in [0.29, 0.717) is 11.6 Å². The summed E-state index contributed by atoms with van der Waals surface area (Å²) in [5.74, 6) is 1.77. The number of aryl methyl sites for hydroxylation is 2. The van der Waals surface area contributed by atoms with Crippen molar-refractivity contribution < 1.29 is 9.52 Å². The average molecular weight is 260 g/mol. The lowest BCUT2D eigenvalue weighted by Crippen LogP contribution is -2.22. The maximum absolute atomic E-state index is 9.91. The fraction of sp³-hybridized carbons (Fsp3) is 0.400. The van der Waals surface area contributed by atoms with Crippen LogP contribution in [0.1, 0.15) is 48.7 Å². The molecule has 0 saturated carbocycles. The molecular formula is C15H20N2O2. The zero-order valence-corrected chi connectivity index (χ0v) is 11.8. The van der Waals surface area contributed by atoms with E-state index in [0.717, 1.165) is 16.9 Å². The number of hydrogen-bond acceptors (Lipinski definition) is 4. The number of benzene rings is 1. The number of rotatable bonds is 4. The molecule has 2 atom stereocenters. The van der Waals surface area contributed by atoms with Crippen LogP contribution in [0.5, 0.6) is 5.75 Å². The van der Waals surface area contributed by atoms with Gasteiger partial charge in [0.15, 0.2) is 0 Å². The molecule has 2 unspecified atom stereocenters. The molecule has 0 spiro atoms. The highest BCUT2D eigenvalue weighted by Crippen LogP contribution is 2.27. The van der Waals surface area contributed by atoms with E-state index in [1.807, 2.05) is 39.8 Å². The number of nitrogens with one attached hydrogen (secondary N) is 1. The molecule has 0 saturated heterocycles. The summed E-state index contributed by atoms with van der Waals surface area (Å²) in [6, 6.07) is 5.61. The van der Waals surface area contributed by atoms with Gasteiger partial charge in [-0.15, -0.1) is 0 Å². The van der Waals surface area contributed by atoms with E-state index in [1.165, 1.54) is 0 Å². The van der Waals surface area contributed by atoms with Crippen LogP contribution in [0, 0.1) is 13.8 Å². The first kappa shape index (κ1) is 13.6. The Balaban J connectivity index is 2.12. The van der Waals surface area contributed by atoms with Crippen LogP contribution < -0.4 is 5.32 Å². The smallest absolute Gasteiger partial charge is 0.211 e. The van der Waals surface area contributed by atoms with E-state index in [-0.39, 0.29) is 12.1 Å². The lowest BCUT2D eigenvalue weighted by atomic mass is 10.0. The predicted molar refractivity (Wildman–Crippen MR) is 74.0 cm³/mol. The molecule has 0 radical (unpaired) electrons. The van der Waals surface area contributed by atoms with Gasteiger partial charge in [-0.3, -0.25) is 5.32 Å². The molecule has 0 aliphatic carbocycles. The number of phenolic OH excluding ortho intramolecular Hbond substituents is 1. The van der Waals surface area contributed by atoms with Crippen molar-refractivity contribution in [2.75, 3.05) is 0 Å². The summed E-state index contributed by atoms with van der Waals surface area (Å²) in [6.45, 7) is 7.89. The minimum absolute atomic E-state index is 0.0105. The van der Waals surface area contributed by atoms with Gasteiger partial charge in [0.2, 0.25) is 5.89 Å². The fourth-order valence-corrected chi connectivity index (χ4v) is 2.13. The molecule has 102 valence electrons. The van der Waals surface area contributed by atoms with Crippen molar-refractivity contribution in [3.05, 3.63) is 47.2 Å². The summed E-state index contributed by atoms with van der Waals surface area (Å²) in [4.78, 5) is 4.21. The van der Waals surface area contributed by atoms with Gasteiger partial charge in [0.1, 0.15) is 11.5 Å². The highest BCUT2D eigenvalue weighted by Gasteiger charge is 2.17. The van der Waals surface area contributed by atoms with Crippen LogP contribution in [0.15, 0.2) is 28.8 Å². The molecule has 2 rings (SSSR count). The minimum Gasteiger partial charge on any atom is -0.508 e. The number of hydrogen-bond donors (Lipinski definition) is 2. The largest absolute Gasteiger partial charge is 0.508 e. The number of aromatic nitrogens is 1. The quantitative estimate of drug-likeness (QED) is 0.884. The Labute approximate surface area is 113 Å². The SMILES string of the molecule is Cc1ccc(O)c(C(C)NC(C)c2ncc(C)o2)c1. The van der Waals surface area contributed by atoms with E-state index in [9.17, 15) is 5.11 Å². The third-order valence-electron chi connectivity index (χ3n) is 3.16. The lowest BCUT2D eigenvalue weighted by Gasteiger charge is -2.19. The van der Waals surface area contributed by atoms with Crippen molar-refractivity contribution in [1.82, 2.24) is 10.3 Å². The van der Waals surface area contributed by atoms with Gasteiger partial charge < -0.3 is 9.52 Å². The topological polar surface area (TPSA) is 58.3 Å². The van der Waals surface area contributed by atoms with Crippen LogP contribution in [0.3, 0.4) is 0 Å². The molecule has 1 aromatic heterocycles. The maximum atomic E-state index is 9.91. The summed E-state index contributed by atoms with van der Waals surface area (Å²) in [7, 11) is 0. The molecule has 4 nitrogen and oxygen atoms in total. The molecular weight excluding hydrogens is 240 g/mol. The zero-order valence-electron chi connectivity index (χ0n) is 11.8. The maximum Gasteiger partial charge on any atom is 0.211 e. The minimum atomic E-state index is -0.0105. The van der Waals surface area contributed by atoms with Crippen LogP contribution in [0.2, 0.25) is 0 Å². The number of phenols is 1. The summed E-state index contributed by atoms with van der Waals surface area (Å²) < 4.78 is 5.50. The van der Waals surface area contributed by atoms with Gasteiger partial charge in [-0.05, 0) is 33.8 Å². The third-order valence-corrected chi connectivity index (χ3v) is 3.16. The Bertz CT molecular complexity index is 563. The predicted octanol–water partition coefficient (Wildman–Crippen LogP) is 3.41. The molecule has 2 N–H and O–H groups in total. The van der Waals surface area contributed by atoms with Gasteiger partial charge in [-0.25, -0.2) is 4.98 Å². The number of aromatic hydroxyl groups is 1. The normalized spacial score (nSPS) is 14.3. The van der Waals surface area contributed by atoms with Gasteiger partial charge in [-0.1, -0.05) is 17.7 Å². The molecule has 0 aliphatic heterocycles. The standard InChI is InChI=1S/C15H20N2O2/c1-9-5-6-14(18)13(7-9)11(3)17-12(4)15-16-8-10(2)19-15/h5-8,11-12,17-18H,1-4H3. The Morgan fingerprint density at radius 1 is 1.21 bits per heavy atom. The molecule has 2 aromatic rings. The van der Waals surface area contributed by atoms with Gasteiger partial charge in [0, 0.05) is 11.6 Å². The number of nitrogens with zero attached hydrogens (tertiary/aromatic N) is 1. The first-order chi connectivity index (χ1) is 8.97. The molecule has 0 bridgehead atoms. The zero-order chi connectivity index (χ0) is 14.0. The van der Waals surface area contributed by atoms with E-state index >= 15 is 0 Å². The highest BCUT2D eigenvalue weighted by atomic mass is 16.4. The molecule has 4 heteroatoms. The van der Waals surface area contributed by atoms with Crippen LogP contribution in [0.25, 0.3) is 0 Å². The Morgan fingerprint density at radius 2 is 1.95 bits per heavy atom. The summed E-state index contributed by atoms with van der Waals surface area (Å²) >= 11 is 0. The average Bonchev–Trinajstić information content (AvgIpc) is 2.79. The van der Waals surface area contributed by atoms with E-state index in [4.69, 9.17) is 4.42 Å². The first-order valence-electron chi connectivity index (χ1n) is 6.45. The van der Waals surface area contributed by atoms with E-state index < -0.39 is 0 Å². The van der Waals surface area contributed by atoms with Gasteiger partial charge in [0.25, 0.3) is 0 Å². The van der Waals surface area contributed by atoms with Crippen molar-refractivity contribution in [3.63, 3.8) is 0 Å². The molecule has 1 aromatic carbocycles. The summed E-state index contributed by atoms with van der Waals surface area (Å²) in [6.07, 6.45) is 1.71. The van der Waals surface area contributed by atoms with Gasteiger partial charge >= 0.3 is 0 Å². The van der Waals surface area contributed by atoms with E-state index in [1.54, 1.807) is 12.3 Å². The number of oxazole rings is 1. The fourth-order valence-electron chi connectivity index (χ4n) is 2.13. The second kappa shape index (κ2) is 5.45. The van der Waals surface area contributed by atoms with Gasteiger partial charge in [-0.2, -0.15) is 0 Å². The second-order valence-electron chi connectivity index (χ2n) is 4.98. The second-order valence-corrected chi connectivity index (χ2v) is 4.98. The van der Waals surface area contributed by atoms with Gasteiger partial charge in [0.05, 0.1) is 12.2 Å². The van der Waals surface area contributed by atoms with Crippen molar-refractivity contribution in [1.29, 1.82) is 0 Å². The molecule has 0 fully saturated rings. The monoisotopic (exact) mass is 260 g/mol. The van der Waals surface area contributed by atoms with Crippen LogP contribution in [0.4, 0.5) is 0 Å². The van der Waals surface area contributed by atoms with Crippen molar-refractivity contribution >= 4 is 0 Å². The first-order valence-corrected chi connectivity index (χ1v) is 6.45.